The molecule has 0 aromatic carbocycles. The van der Waals surface area contributed by atoms with Crippen LogP contribution < -0.4 is 10.9 Å². The molecule has 1 amide bonds. The fraction of sp³-hybridized carbons (Fsp3) is 0.706. The summed E-state index contributed by atoms with van der Waals surface area (Å²) in [5.41, 5.74) is 0.637. The van der Waals surface area contributed by atoms with Crippen molar-refractivity contribution in [1.29, 1.82) is 0 Å². The smallest absolute Gasteiger partial charge is 0.251 e. The minimum Gasteiger partial charge on any atom is -0.352 e. The van der Waals surface area contributed by atoms with Gasteiger partial charge in [0.1, 0.15) is 0 Å². The van der Waals surface area contributed by atoms with Crippen LogP contribution in [0.5, 0.6) is 0 Å². The quantitative estimate of drug-likeness (QED) is 0.475. The van der Waals surface area contributed by atoms with Crippen molar-refractivity contribution in [3.05, 3.63) is 22.1 Å². The molecule has 0 bridgehead atoms. The highest BCUT2D eigenvalue weighted by molar-refractivity contribution is 8.00. The van der Waals surface area contributed by atoms with Gasteiger partial charge in [0.15, 0.2) is 5.16 Å². The summed E-state index contributed by atoms with van der Waals surface area (Å²) >= 11 is 1.32. The number of rotatable bonds is 6. The summed E-state index contributed by atoms with van der Waals surface area (Å²) in [6, 6.07) is 1.83. The van der Waals surface area contributed by atoms with Crippen molar-refractivity contribution in [2.45, 2.75) is 81.7 Å². The highest BCUT2D eigenvalue weighted by Crippen LogP contribution is 2.21. The van der Waals surface area contributed by atoms with Crippen molar-refractivity contribution in [3.8, 4) is 0 Å². The van der Waals surface area contributed by atoms with Crippen molar-refractivity contribution < 1.29 is 4.79 Å². The molecule has 1 aromatic rings. The molecule has 1 atom stereocenters. The predicted octanol–water partition coefficient (Wildman–Crippen LogP) is 3.04. The topological polar surface area (TPSA) is 74.8 Å². The van der Waals surface area contributed by atoms with Gasteiger partial charge in [0.25, 0.3) is 5.56 Å². The maximum Gasteiger partial charge on any atom is 0.251 e. The van der Waals surface area contributed by atoms with E-state index < -0.39 is 0 Å². The van der Waals surface area contributed by atoms with Crippen molar-refractivity contribution in [2.75, 3.05) is 0 Å². The monoisotopic (exact) mass is 337 g/mol. The van der Waals surface area contributed by atoms with Crippen LogP contribution in [0.1, 0.15) is 64.5 Å². The fourth-order valence-electron chi connectivity index (χ4n) is 2.89. The largest absolute Gasteiger partial charge is 0.352 e. The zero-order valence-electron chi connectivity index (χ0n) is 14.1. The molecule has 0 spiro atoms. The summed E-state index contributed by atoms with van der Waals surface area (Å²) in [5.74, 6) is 0.0328. The maximum absolute atomic E-state index is 12.4. The van der Waals surface area contributed by atoms with E-state index in [-0.39, 0.29) is 16.7 Å². The zero-order chi connectivity index (χ0) is 16.7. The summed E-state index contributed by atoms with van der Waals surface area (Å²) in [6.45, 7) is 3.92. The van der Waals surface area contributed by atoms with Crippen LogP contribution in [0.3, 0.4) is 0 Å². The van der Waals surface area contributed by atoms with Crippen LogP contribution >= 0.6 is 11.8 Å². The summed E-state index contributed by atoms with van der Waals surface area (Å²) in [4.78, 5) is 31.2. The second-order valence-corrected chi connectivity index (χ2v) is 7.58. The molecule has 6 heteroatoms. The van der Waals surface area contributed by atoms with Gasteiger partial charge in [0, 0.05) is 17.8 Å². The minimum absolute atomic E-state index is 0.0328. The summed E-state index contributed by atoms with van der Waals surface area (Å²) in [6.07, 6.45) is 8.80. The van der Waals surface area contributed by atoms with Gasteiger partial charge in [0.2, 0.25) is 5.91 Å². The Kier molecular flexibility index (Phi) is 7.15. The van der Waals surface area contributed by atoms with Crippen LogP contribution in [-0.2, 0) is 11.2 Å². The number of aromatic amines is 1. The highest BCUT2D eigenvalue weighted by Gasteiger charge is 2.20. The van der Waals surface area contributed by atoms with E-state index in [1.807, 2.05) is 6.92 Å². The molecule has 2 rings (SSSR count). The van der Waals surface area contributed by atoms with Crippen LogP contribution in [0.4, 0.5) is 0 Å². The first kappa shape index (κ1) is 18.0. The summed E-state index contributed by atoms with van der Waals surface area (Å²) in [7, 11) is 0. The maximum atomic E-state index is 12.4. The number of nitrogens with zero attached hydrogens (tertiary/aromatic N) is 1. The lowest BCUT2D eigenvalue weighted by molar-refractivity contribution is -0.121. The Bertz CT molecular complexity index is 565. The second kappa shape index (κ2) is 9.11. The minimum atomic E-state index is -0.265. The van der Waals surface area contributed by atoms with E-state index in [1.54, 1.807) is 0 Å². The standard InChI is InChI=1S/C17H27N3O2S/c1-3-8-14-11-15(21)20-17(19-14)23-12(2)16(22)18-13-9-6-4-5-7-10-13/h11-13H,3-10H2,1-2H3,(H,18,22)(H,19,20,21)/t12-/m0/s1. The second-order valence-electron chi connectivity index (χ2n) is 6.25. The Balaban J connectivity index is 1.93. The third-order valence-corrected chi connectivity index (χ3v) is 5.12. The van der Waals surface area contributed by atoms with Crippen molar-refractivity contribution in [3.63, 3.8) is 0 Å². The number of aromatic nitrogens is 2. The normalized spacial score (nSPS) is 17.5. The van der Waals surface area contributed by atoms with Gasteiger partial charge in [-0.2, -0.15) is 0 Å². The predicted molar refractivity (Wildman–Crippen MR) is 93.8 cm³/mol. The molecule has 0 unspecified atom stereocenters. The molecule has 1 saturated carbocycles. The number of thioether (sulfide) groups is 1. The van der Waals surface area contributed by atoms with E-state index in [1.165, 1.54) is 43.5 Å². The van der Waals surface area contributed by atoms with Crippen LogP contribution in [-0.4, -0.2) is 27.2 Å². The van der Waals surface area contributed by atoms with E-state index in [9.17, 15) is 9.59 Å². The molecule has 2 N–H and O–H groups in total. The average molecular weight is 337 g/mol. The lowest BCUT2D eigenvalue weighted by Gasteiger charge is -2.19. The van der Waals surface area contributed by atoms with Crippen molar-refractivity contribution in [1.82, 2.24) is 15.3 Å². The molecule has 0 saturated heterocycles. The van der Waals surface area contributed by atoms with Crippen LogP contribution in [0, 0.1) is 0 Å². The molecule has 0 aliphatic heterocycles. The number of carbonyl (C=O) groups excluding carboxylic acids is 1. The Morgan fingerprint density at radius 1 is 1.39 bits per heavy atom. The molecule has 1 aromatic heterocycles. The first-order chi connectivity index (χ1) is 11.1. The number of H-pyrrole nitrogens is 1. The van der Waals surface area contributed by atoms with Crippen molar-refractivity contribution >= 4 is 17.7 Å². The molecular formula is C17H27N3O2S. The Morgan fingerprint density at radius 2 is 2.09 bits per heavy atom. The number of carbonyl (C=O) groups is 1. The van der Waals surface area contributed by atoms with Crippen LogP contribution in [0.15, 0.2) is 16.0 Å². The Hall–Kier alpha value is -1.30. The summed E-state index contributed by atoms with van der Waals surface area (Å²) in [5, 5.41) is 3.42. The molecule has 23 heavy (non-hydrogen) atoms. The van der Waals surface area contributed by atoms with Gasteiger partial charge in [-0.15, -0.1) is 0 Å². The van der Waals surface area contributed by atoms with E-state index >= 15 is 0 Å². The van der Waals surface area contributed by atoms with Gasteiger partial charge in [-0.25, -0.2) is 4.98 Å². The van der Waals surface area contributed by atoms with Gasteiger partial charge >= 0.3 is 0 Å². The molecular weight excluding hydrogens is 310 g/mol. The molecule has 5 nitrogen and oxygen atoms in total. The van der Waals surface area contributed by atoms with Crippen LogP contribution in [0.2, 0.25) is 0 Å². The van der Waals surface area contributed by atoms with E-state index in [0.717, 1.165) is 31.4 Å². The number of hydrogen-bond donors (Lipinski definition) is 2. The summed E-state index contributed by atoms with van der Waals surface area (Å²) < 4.78 is 0. The van der Waals surface area contributed by atoms with E-state index in [2.05, 4.69) is 22.2 Å². The Labute approximate surface area is 142 Å². The van der Waals surface area contributed by atoms with Gasteiger partial charge in [0.05, 0.1) is 5.25 Å². The fourth-order valence-corrected chi connectivity index (χ4v) is 3.73. The number of aryl methyl sites for hydroxylation is 1. The number of nitrogens with one attached hydrogen (secondary N) is 2. The molecule has 1 aliphatic carbocycles. The molecule has 128 valence electrons. The lowest BCUT2D eigenvalue weighted by atomic mass is 10.1. The van der Waals surface area contributed by atoms with Gasteiger partial charge in [-0.05, 0) is 26.2 Å². The van der Waals surface area contributed by atoms with Gasteiger partial charge in [-0.1, -0.05) is 50.8 Å². The number of hydrogen-bond acceptors (Lipinski definition) is 4. The van der Waals surface area contributed by atoms with E-state index in [4.69, 9.17) is 0 Å². The molecule has 1 heterocycles. The molecule has 1 fully saturated rings. The number of amides is 1. The Morgan fingerprint density at radius 3 is 2.74 bits per heavy atom. The highest BCUT2D eigenvalue weighted by atomic mass is 32.2. The van der Waals surface area contributed by atoms with Gasteiger partial charge < -0.3 is 10.3 Å². The average Bonchev–Trinajstić information content (AvgIpc) is 2.75. The zero-order valence-corrected chi connectivity index (χ0v) is 14.9. The molecule has 0 radical (unpaired) electrons. The third kappa shape index (κ3) is 6.01. The lowest BCUT2D eigenvalue weighted by Crippen LogP contribution is -2.39. The molecule has 1 aliphatic rings. The van der Waals surface area contributed by atoms with Crippen molar-refractivity contribution in [2.24, 2.45) is 0 Å². The van der Waals surface area contributed by atoms with Gasteiger partial charge in [-0.3, -0.25) is 9.59 Å². The first-order valence-electron chi connectivity index (χ1n) is 8.65. The SMILES string of the molecule is CCCc1cc(=O)[nH]c(S[C@@H](C)C(=O)NC2CCCCCC2)n1. The van der Waals surface area contributed by atoms with E-state index in [0.29, 0.717) is 11.2 Å². The van der Waals surface area contributed by atoms with Crippen LogP contribution in [0.25, 0.3) is 0 Å². The first-order valence-corrected chi connectivity index (χ1v) is 9.53. The third-order valence-electron chi connectivity index (χ3n) is 4.14.